The van der Waals surface area contributed by atoms with Gasteiger partial charge in [0.25, 0.3) is 0 Å². The normalized spacial score (nSPS) is 10.2. The number of carbonyl (C=O) groups is 1. The first-order chi connectivity index (χ1) is 7.65. The fraction of sp³-hybridized carbons (Fsp3) is 0.417. The maximum absolute atomic E-state index is 11.4. The van der Waals surface area contributed by atoms with E-state index in [1.165, 1.54) is 0 Å². The predicted molar refractivity (Wildman–Crippen MR) is 65.3 cm³/mol. The molecule has 0 saturated heterocycles. The van der Waals surface area contributed by atoms with Gasteiger partial charge in [0.05, 0.1) is 0 Å². The summed E-state index contributed by atoms with van der Waals surface area (Å²) in [5, 5.41) is 2.55. The maximum atomic E-state index is 11.4. The first-order valence-electron chi connectivity index (χ1n) is 5.25. The molecule has 0 aliphatic rings. The number of benzene rings is 1. The molecule has 3 nitrogen and oxygen atoms in total. The molecule has 88 valence electrons. The fourth-order valence-corrected chi connectivity index (χ4v) is 1.43. The Labute approximate surface area is 101 Å². The Kier molecular flexibility index (Phi) is 5.12. The number of ether oxygens (including phenoxy) is 1. The van der Waals surface area contributed by atoms with Crippen molar-refractivity contribution < 1.29 is 9.53 Å². The van der Waals surface area contributed by atoms with Crippen molar-refractivity contribution in [1.82, 2.24) is 5.32 Å². The molecule has 1 aromatic rings. The maximum Gasteiger partial charge on any atom is 0.412 e. The molecule has 1 amide bonds. The van der Waals surface area contributed by atoms with E-state index in [1.54, 1.807) is 6.07 Å². The average Bonchev–Trinajstić information content (AvgIpc) is 2.27. The Balaban J connectivity index is 2.69. The number of carbonyl (C=O) groups excluding carboxylic acids is 1. The standard InChI is InChI=1S/C12H16ClNO2/c1-9(2)10-5-3-4-6-11(10)16-12(15)14-8-7-13/h3-6,9H,7-8H2,1-2H3,(H,14,15). The van der Waals surface area contributed by atoms with Crippen molar-refractivity contribution in [2.24, 2.45) is 0 Å². The van der Waals surface area contributed by atoms with Crippen LogP contribution in [0.3, 0.4) is 0 Å². The van der Waals surface area contributed by atoms with Crippen LogP contribution >= 0.6 is 11.6 Å². The molecule has 0 bridgehead atoms. The number of amides is 1. The van der Waals surface area contributed by atoms with E-state index in [2.05, 4.69) is 19.2 Å². The number of hydrogen-bond acceptors (Lipinski definition) is 2. The third-order valence-corrected chi connectivity index (χ3v) is 2.30. The fourth-order valence-electron chi connectivity index (χ4n) is 1.34. The van der Waals surface area contributed by atoms with Crippen molar-refractivity contribution >= 4 is 17.7 Å². The average molecular weight is 242 g/mol. The number of rotatable bonds is 4. The monoisotopic (exact) mass is 241 g/mol. The first-order valence-corrected chi connectivity index (χ1v) is 5.79. The van der Waals surface area contributed by atoms with Crippen LogP contribution < -0.4 is 10.1 Å². The highest BCUT2D eigenvalue weighted by Gasteiger charge is 2.10. The molecule has 1 aromatic carbocycles. The smallest absolute Gasteiger partial charge is 0.410 e. The molecule has 0 unspecified atom stereocenters. The van der Waals surface area contributed by atoms with Crippen molar-refractivity contribution in [1.29, 1.82) is 0 Å². The van der Waals surface area contributed by atoms with Gasteiger partial charge < -0.3 is 10.1 Å². The van der Waals surface area contributed by atoms with Gasteiger partial charge in [0.1, 0.15) is 5.75 Å². The highest BCUT2D eigenvalue weighted by atomic mass is 35.5. The quantitative estimate of drug-likeness (QED) is 0.823. The second-order valence-corrected chi connectivity index (χ2v) is 4.08. The summed E-state index contributed by atoms with van der Waals surface area (Å²) in [6.45, 7) is 4.52. The van der Waals surface area contributed by atoms with Crippen LogP contribution in [0.15, 0.2) is 24.3 Å². The number of hydrogen-bond donors (Lipinski definition) is 1. The molecule has 0 atom stereocenters. The van der Waals surface area contributed by atoms with Crippen molar-refractivity contribution in [2.75, 3.05) is 12.4 Å². The largest absolute Gasteiger partial charge is 0.412 e. The highest BCUT2D eigenvalue weighted by Crippen LogP contribution is 2.25. The van der Waals surface area contributed by atoms with Crippen LogP contribution in [0.1, 0.15) is 25.3 Å². The van der Waals surface area contributed by atoms with Crippen molar-refractivity contribution in [2.45, 2.75) is 19.8 Å². The molecular formula is C12H16ClNO2. The van der Waals surface area contributed by atoms with Gasteiger partial charge in [0, 0.05) is 12.4 Å². The Morgan fingerprint density at radius 1 is 1.44 bits per heavy atom. The summed E-state index contributed by atoms with van der Waals surface area (Å²) in [6, 6.07) is 7.51. The summed E-state index contributed by atoms with van der Waals surface area (Å²) >= 11 is 5.46. The van der Waals surface area contributed by atoms with Crippen LogP contribution in [0.2, 0.25) is 0 Å². The molecule has 1 rings (SSSR count). The molecule has 0 spiro atoms. The predicted octanol–water partition coefficient (Wildman–Crippen LogP) is 3.14. The minimum Gasteiger partial charge on any atom is -0.410 e. The lowest BCUT2D eigenvalue weighted by Gasteiger charge is -2.12. The molecule has 16 heavy (non-hydrogen) atoms. The Bertz CT molecular complexity index is 353. The van der Waals surface area contributed by atoms with Crippen molar-refractivity contribution in [3.63, 3.8) is 0 Å². The molecule has 0 fully saturated rings. The minimum atomic E-state index is -0.464. The SMILES string of the molecule is CC(C)c1ccccc1OC(=O)NCCCl. The van der Waals surface area contributed by atoms with Crippen molar-refractivity contribution in [3.05, 3.63) is 29.8 Å². The third kappa shape index (κ3) is 3.74. The molecule has 0 saturated carbocycles. The number of nitrogens with one attached hydrogen (secondary N) is 1. The summed E-state index contributed by atoms with van der Waals surface area (Å²) in [7, 11) is 0. The summed E-state index contributed by atoms with van der Waals surface area (Å²) < 4.78 is 5.20. The Hall–Kier alpha value is -1.22. The van der Waals surface area contributed by atoms with Gasteiger partial charge in [-0.25, -0.2) is 4.79 Å². The zero-order valence-electron chi connectivity index (χ0n) is 9.50. The molecule has 0 heterocycles. The zero-order chi connectivity index (χ0) is 12.0. The molecular weight excluding hydrogens is 226 g/mol. The van der Waals surface area contributed by atoms with E-state index in [9.17, 15) is 4.79 Å². The minimum absolute atomic E-state index is 0.317. The second-order valence-electron chi connectivity index (χ2n) is 3.70. The number of halogens is 1. The molecule has 4 heteroatoms. The van der Waals surface area contributed by atoms with Crippen LogP contribution in [-0.4, -0.2) is 18.5 Å². The lowest BCUT2D eigenvalue weighted by molar-refractivity contribution is 0.200. The van der Waals surface area contributed by atoms with Crippen LogP contribution in [0.25, 0.3) is 0 Å². The van der Waals surface area contributed by atoms with Crippen molar-refractivity contribution in [3.8, 4) is 5.75 Å². The second kappa shape index (κ2) is 6.38. The molecule has 1 N–H and O–H groups in total. The van der Waals surface area contributed by atoms with Gasteiger partial charge in [-0.2, -0.15) is 0 Å². The first kappa shape index (κ1) is 12.8. The number of alkyl halides is 1. The van der Waals surface area contributed by atoms with Gasteiger partial charge in [0.15, 0.2) is 0 Å². The lowest BCUT2D eigenvalue weighted by atomic mass is 10.0. The van der Waals surface area contributed by atoms with Gasteiger partial charge in [-0.1, -0.05) is 32.0 Å². The summed E-state index contributed by atoms with van der Waals surface area (Å²) in [5.41, 5.74) is 1.02. The zero-order valence-corrected chi connectivity index (χ0v) is 10.3. The summed E-state index contributed by atoms with van der Waals surface area (Å²) in [6.07, 6.45) is -0.464. The molecule has 0 radical (unpaired) electrons. The van der Waals surface area contributed by atoms with E-state index in [0.717, 1.165) is 5.56 Å². The van der Waals surface area contributed by atoms with E-state index in [1.807, 2.05) is 18.2 Å². The summed E-state index contributed by atoms with van der Waals surface area (Å²) in [4.78, 5) is 11.4. The molecule has 0 aromatic heterocycles. The topological polar surface area (TPSA) is 38.3 Å². The molecule has 0 aliphatic heterocycles. The lowest BCUT2D eigenvalue weighted by Crippen LogP contribution is -2.28. The Morgan fingerprint density at radius 3 is 2.75 bits per heavy atom. The van der Waals surface area contributed by atoms with E-state index < -0.39 is 6.09 Å². The van der Waals surface area contributed by atoms with Gasteiger partial charge >= 0.3 is 6.09 Å². The van der Waals surface area contributed by atoms with Crippen LogP contribution in [0.4, 0.5) is 4.79 Å². The van der Waals surface area contributed by atoms with Crippen LogP contribution in [0, 0.1) is 0 Å². The highest BCUT2D eigenvalue weighted by molar-refractivity contribution is 6.18. The molecule has 0 aliphatic carbocycles. The van der Waals surface area contributed by atoms with Gasteiger partial charge in [-0.05, 0) is 17.5 Å². The van der Waals surface area contributed by atoms with Gasteiger partial charge in [-0.3, -0.25) is 0 Å². The number of para-hydroxylation sites is 1. The Morgan fingerprint density at radius 2 is 2.12 bits per heavy atom. The van der Waals surface area contributed by atoms with Gasteiger partial charge in [-0.15, -0.1) is 11.6 Å². The van der Waals surface area contributed by atoms with E-state index >= 15 is 0 Å². The van der Waals surface area contributed by atoms with Crippen LogP contribution in [0.5, 0.6) is 5.75 Å². The third-order valence-electron chi connectivity index (χ3n) is 2.11. The summed E-state index contributed by atoms with van der Waals surface area (Å²) in [5.74, 6) is 1.29. The van der Waals surface area contributed by atoms with E-state index in [-0.39, 0.29) is 0 Å². The van der Waals surface area contributed by atoms with Gasteiger partial charge in [0.2, 0.25) is 0 Å². The van der Waals surface area contributed by atoms with E-state index in [4.69, 9.17) is 16.3 Å². The van der Waals surface area contributed by atoms with E-state index in [0.29, 0.717) is 24.1 Å². The van der Waals surface area contributed by atoms with Crippen LogP contribution in [-0.2, 0) is 0 Å².